The summed E-state index contributed by atoms with van der Waals surface area (Å²) in [6.45, 7) is 8.54. The van der Waals surface area contributed by atoms with Gasteiger partial charge in [0.1, 0.15) is 0 Å². The molecular formula is C13H24NO2+. The molecule has 92 valence electrons. The molecule has 4 atom stereocenters. The van der Waals surface area contributed by atoms with E-state index in [2.05, 4.69) is 20.8 Å². The van der Waals surface area contributed by atoms with Crippen molar-refractivity contribution in [3.63, 3.8) is 0 Å². The average Bonchev–Trinajstić information content (AvgIpc) is 1.93. The Balaban J connectivity index is 2.18. The fourth-order valence-corrected chi connectivity index (χ4v) is 6.18. The van der Waals surface area contributed by atoms with E-state index in [0.717, 1.165) is 25.9 Å². The smallest absolute Gasteiger partial charge is 0.319 e. The van der Waals surface area contributed by atoms with Gasteiger partial charge in [0.05, 0.1) is 25.6 Å². The SMILES string of the molecule is CC12C[C@@]3(C)C[C@@](C)(C1)C[N+](C)(C3)C2(O)O. The molecule has 3 heteroatoms. The lowest BCUT2D eigenvalue weighted by Crippen LogP contribution is -2.83. The van der Waals surface area contributed by atoms with E-state index in [4.69, 9.17) is 0 Å². The van der Waals surface area contributed by atoms with E-state index < -0.39 is 5.91 Å². The summed E-state index contributed by atoms with van der Waals surface area (Å²) in [6, 6.07) is 0. The predicted molar refractivity (Wildman–Crippen MR) is 61.3 cm³/mol. The molecule has 0 aromatic heterocycles. The molecule has 3 nitrogen and oxygen atoms in total. The highest BCUT2D eigenvalue weighted by atomic mass is 16.5. The van der Waals surface area contributed by atoms with Crippen LogP contribution in [0.25, 0.3) is 0 Å². The maximum absolute atomic E-state index is 10.6. The highest BCUT2D eigenvalue weighted by molar-refractivity contribution is 5.08. The molecule has 16 heavy (non-hydrogen) atoms. The van der Waals surface area contributed by atoms with Gasteiger partial charge in [-0.25, -0.2) is 0 Å². The molecule has 4 rings (SSSR count). The summed E-state index contributed by atoms with van der Waals surface area (Å²) in [6.07, 6.45) is 3.16. The quantitative estimate of drug-likeness (QED) is 0.483. The van der Waals surface area contributed by atoms with Crippen molar-refractivity contribution in [2.75, 3.05) is 20.1 Å². The third-order valence-corrected chi connectivity index (χ3v) is 5.51. The summed E-state index contributed by atoms with van der Waals surface area (Å²) in [5.41, 5.74) is 0.257. The zero-order valence-electron chi connectivity index (χ0n) is 10.9. The van der Waals surface area contributed by atoms with E-state index >= 15 is 0 Å². The van der Waals surface area contributed by atoms with Crippen LogP contribution >= 0.6 is 0 Å². The standard InChI is InChI=1S/C13H24NO2/c1-10-5-11(2)7-12(3,6-10)13(15,16)14(4,8-10)9-11/h15-16H,5-9H2,1-4H3/q+1/t10-,11+,12?,14?. The Morgan fingerprint density at radius 2 is 1.31 bits per heavy atom. The first-order valence-electron chi connectivity index (χ1n) is 6.33. The van der Waals surface area contributed by atoms with E-state index in [1.165, 1.54) is 6.42 Å². The topological polar surface area (TPSA) is 40.5 Å². The van der Waals surface area contributed by atoms with Gasteiger partial charge in [0, 0.05) is 10.8 Å². The van der Waals surface area contributed by atoms with Crippen molar-refractivity contribution in [1.82, 2.24) is 0 Å². The summed E-state index contributed by atoms with van der Waals surface area (Å²) >= 11 is 0. The summed E-state index contributed by atoms with van der Waals surface area (Å²) in [4.78, 5) is 0. The highest BCUT2D eigenvalue weighted by Gasteiger charge is 2.75. The minimum atomic E-state index is -1.54. The number of aliphatic hydroxyl groups is 2. The Morgan fingerprint density at radius 1 is 0.875 bits per heavy atom. The first kappa shape index (κ1) is 11.0. The van der Waals surface area contributed by atoms with Gasteiger partial charge in [-0.3, -0.25) is 4.48 Å². The lowest BCUT2D eigenvalue weighted by atomic mass is 9.47. The van der Waals surface area contributed by atoms with Crippen molar-refractivity contribution >= 4 is 0 Å². The molecule has 0 radical (unpaired) electrons. The van der Waals surface area contributed by atoms with Gasteiger partial charge in [0.15, 0.2) is 0 Å². The maximum Gasteiger partial charge on any atom is 0.319 e. The maximum atomic E-state index is 10.6. The minimum Gasteiger partial charge on any atom is -0.319 e. The third kappa shape index (κ3) is 1.00. The van der Waals surface area contributed by atoms with Gasteiger partial charge in [-0.05, 0) is 26.2 Å². The summed E-state index contributed by atoms with van der Waals surface area (Å²) < 4.78 is 0.427. The largest absolute Gasteiger partial charge is 0.319 e. The van der Waals surface area contributed by atoms with Crippen molar-refractivity contribution in [2.45, 2.75) is 45.9 Å². The number of hydrogen-bond acceptors (Lipinski definition) is 2. The van der Waals surface area contributed by atoms with Gasteiger partial charge in [-0.1, -0.05) is 13.8 Å². The summed E-state index contributed by atoms with van der Waals surface area (Å²) in [7, 11) is 2.02. The Hall–Kier alpha value is -0.120. The van der Waals surface area contributed by atoms with E-state index in [9.17, 15) is 10.2 Å². The monoisotopic (exact) mass is 226 g/mol. The normalized spacial score (nSPS) is 62.6. The Morgan fingerprint density at radius 3 is 1.69 bits per heavy atom. The molecule has 0 amide bonds. The van der Waals surface area contributed by atoms with Crippen molar-refractivity contribution < 1.29 is 14.7 Å². The number of hydrogen-bond donors (Lipinski definition) is 2. The Labute approximate surface area is 97.7 Å². The van der Waals surface area contributed by atoms with Crippen molar-refractivity contribution in [1.29, 1.82) is 0 Å². The van der Waals surface area contributed by atoms with E-state index in [-0.39, 0.29) is 5.41 Å². The molecule has 3 aliphatic heterocycles. The lowest BCUT2D eigenvalue weighted by Gasteiger charge is -2.71. The first-order chi connectivity index (χ1) is 7.04. The second kappa shape index (κ2) is 2.36. The van der Waals surface area contributed by atoms with Crippen LogP contribution in [0.2, 0.25) is 0 Å². The lowest BCUT2D eigenvalue weighted by molar-refractivity contribution is -1.05. The number of rotatable bonds is 0. The van der Waals surface area contributed by atoms with Gasteiger partial charge < -0.3 is 10.2 Å². The molecule has 3 saturated heterocycles. The van der Waals surface area contributed by atoms with Crippen LogP contribution in [0.3, 0.4) is 0 Å². The minimum absolute atomic E-state index is 0.295. The van der Waals surface area contributed by atoms with Crippen LogP contribution in [0.15, 0.2) is 0 Å². The van der Waals surface area contributed by atoms with E-state index in [0.29, 0.717) is 15.3 Å². The van der Waals surface area contributed by atoms with Crippen LogP contribution < -0.4 is 0 Å². The Bertz CT molecular complexity index is 317. The molecular weight excluding hydrogens is 202 g/mol. The summed E-state index contributed by atoms with van der Waals surface area (Å²) in [5.74, 6) is -1.54. The van der Waals surface area contributed by atoms with Crippen molar-refractivity contribution in [3.05, 3.63) is 0 Å². The predicted octanol–water partition coefficient (Wildman–Crippen LogP) is 1.30. The van der Waals surface area contributed by atoms with Crippen molar-refractivity contribution in [2.24, 2.45) is 16.2 Å². The van der Waals surface area contributed by atoms with Gasteiger partial charge in [0.2, 0.25) is 0 Å². The average molecular weight is 226 g/mol. The van der Waals surface area contributed by atoms with E-state index in [1.807, 2.05) is 7.05 Å². The van der Waals surface area contributed by atoms with Crippen LogP contribution in [0.1, 0.15) is 40.0 Å². The van der Waals surface area contributed by atoms with Crippen LogP contribution in [-0.4, -0.2) is 40.7 Å². The zero-order chi connectivity index (χ0) is 12.0. The molecule has 0 aromatic carbocycles. The summed E-state index contributed by atoms with van der Waals surface area (Å²) in [5, 5.41) is 21.1. The number of nitrogens with zero attached hydrogens (tertiary/aromatic N) is 1. The molecule has 0 aromatic rings. The van der Waals surface area contributed by atoms with Gasteiger partial charge in [-0.2, -0.15) is 0 Å². The number of quaternary nitrogens is 1. The molecule has 2 unspecified atom stereocenters. The highest BCUT2D eigenvalue weighted by Crippen LogP contribution is 2.68. The number of piperidine rings is 3. The molecule has 0 spiro atoms. The van der Waals surface area contributed by atoms with Gasteiger partial charge in [-0.15, -0.1) is 0 Å². The van der Waals surface area contributed by atoms with Gasteiger partial charge in [0.25, 0.3) is 0 Å². The molecule has 3 heterocycles. The van der Waals surface area contributed by atoms with Crippen LogP contribution in [0, 0.1) is 16.2 Å². The van der Waals surface area contributed by atoms with E-state index in [1.54, 1.807) is 0 Å². The van der Waals surface area contributed by atoms with Crippen LogP contribution in [-0.2, 0) is 0 Å². The fraction of sp³-hybridized carbons (Fsp3) is 1.00. The van der Waals surface area contributed by atoms with Gasteiger partial charge >= 0.3 is 5.91 Å². The second-order valence-electron chi connectivity index (χ2n) is 8.06. The second-order valence-corrected chi connectivity index (χ2v) is 8.06. The Kier molecular flexibility index (Phi) is 1.62. The first-order valence-corrected chi connectivity index (χ1v) is 6.33. The molecule has 4 fully saturated rings. The molecule has 2 N–H and O–H groups in total. The third-order valence-electron chi connectivity index (χ3n) is 5.51. The molecule has 1 saturated carbocycles. The zero-order valence-corrected chi connectivity index (χ0v) is 10.9. The molecule has 1 aliphatic carbocycles. The molecule has 4 aliphatic rings. The fourth-order valence-electron chi connectivity index (χ4n) is 6.18. The van der Waals surface area contributed by atoms with Crippen LogP contribution in [0.5, 0.6) is 0 Å². The molecule has 4 bridgehead atoms. The van der Waals surface area contributed by atoms with Crippen LogP contribution in [0.4, 0.5) is 0 Å². The van der Waals surface area contributed by atoms with Crippen molar-refractivity contribution in [3.8, 4) is 0 Å².